The lowest BCUT2D eigenvalue weighted by molar-refractivity contribution is -0.133. The SMILES string of the molecule is C=CC(=O)NC1CN(C(=O)CO)CC1Nc1ncc2cc(-c3c(Cl)c(OC)cc(OC)c3Cl)ccc2n1. The van der Waals surface area contributed by atoms with E-state index in [4.69, 9.17) is 32.7 Å². The molecule has 0 bridgehead atoms. The zero-order valence-corrected chi connectivity index (χ0v) is 21.6. The maximum atomic E-state index is 12.0. The zero-order chi connectivity index (χ0) is 26.7. The number of halogens is 2. The molecule has 1 aliphatic rings. The van der Waals surface area contributed by atoms with Gasteiger partial charge >= 0.3 is 0 Å². The van der Waals surface area contributed by atoms with E-state index in [-0.39, 0.29) is 25.0 Å². The van der Waals surface area contributed by atoms with Crippen molar-refractivity contribution in [3.05, 3.63) is 53.2 Å². The van der Waals surface area contributed by atoms with Gasteiger partial charge in [0.15, 0.2) is 0 Å². The number of hydrogen-bond donors (Lipinski definition) is 3. The van der Waals surface area contributed by atoms with E-state index in [2.05, 4.69) is 27.2 Å². The molecular formula is C25H25Cl2N5O5. The van der Waals surface area contributed by atoms with E-state index >= 15 is 0 Å². The predicted octanol–water partition coefficient (Wildman–Crippen LogP) is 2.91. The van der Waals surface area contributed by atoms with Crippen LogP contribution < -0.4 is 20.1 Å². The fourth-order valence-corrected chi connectivity index (χ4v) is 4.92. The van der Waals surface area contributed by atoms with Gasteiger partial charge in [-0.2, -0.15) is 0 Å². The van der Waals surface area contributed by atoms with Gasteiger partial charge in [-0.05, 0) is 23.8 Å². The van der Waals surface area contributed by atoms with Crippen LogP contribution in [0.3, 0.4) is 0 Å². The van der Waals surface area contributed by atoms with Crippen molar-refractivity contribution < 1.29 is 24.2 Å². The minimum atomic E-state index is -0.614. The quantitative estimate of drug-likeness (QED) is 0.369. The highest BCUT2D eigenvalue weighted by Gasteiger charge is 2.36. The highest BCUT2D eigenvalue weighted by molar-refractivity contribution is 6.41. The summed E-state index contributed by atoms with van der Waals surface area (Å²) in [5, 5.41) is 16.7. The molecule has 194 valence electrons. The average molecular weight is 546 g/mol. The van der Waals surface area contributed by atoms with Crippen LogP contribution in [-0.4, -0.2) is 77.8 Å². The summed E-state index contributed by atoms with van der Waals surface area (Å²) in [4.78, 5) is 34.4. The van der Waals surface area contributed by atoms with Crippen LogP contribution in [0.4, 0.5) is 5.95 Å². The van der Waals surface area contributed by atoms with Gasteiger partial charge in [-0.3, -0.25) is 9.59 Å². The van der Waals surface area contributed by atoms with E-state index in [0.717, 1.165) is 17.0 Å². The van der Waals surface area contributed by atoms with Gasteiger partial charge in [0.05, 0.1) is 41.9 Å². The smallest absolute Gasteiger partial charge is 0.248 e. The van der Waals surface area contributed by atoms with Gasteiger partial charge in [-0.15, -0.1) is 0 Å². The number of benzene rings is 2. The van der Waals surface area contributed by atoms with Gasteiger partial charge in [0, 0.05) is 36.3 Å². The number of rotatable bonds is 8. The van der Waals surface area contributed by atoms with Crippen molar-refractivity contribution in [1.29, 1.82) is 0 Å². The molecule has 1 aliphatic heterocycles. The van der Waals surface area contributed by atoms with Crippen LogP contribution in [0.2, 0.25) is 10.0 Å². The van der Waals surface area contributed by atoms with Gasteiger partial charge in [0.25, 0.3) is 0 Å². The third-order valence-corrected chi connectivity index (χ3v) is 6.83. The maximum Gasteiger partial charge on any atom is 0.248 e. The Morgan fingerprint density at radius 1 is 1.16 bits per heavy atom. The van der Waals surface area contributed by atoms with E-state index in [1.165, 1.54) is 19.1 Å². The van der Waals surface area contributed by atoms with Gasteiger partial charge in [0.1, 0.15) is 18.1 Å². The number of carbonyl (C=O) groups excluding carboxylic acids is 2. The Morgan fingerprint density at radius 3 is 2.46 bits per heavy atom. The number of fused-ring (bicyclic) bond motifs is 1. The lowest BCUT2D eigenvalue weighted by Gasteiger charge is -2.20. The monoisotopic (exact) mass is 545 g/mol. The summed E-state index contributed by atoms with van der Waals surface area (Å²) in [5.41, 5.74) is 1.94. The number of aliphatic hydroxyl groups is 1. The molecule has 4 rings (SSSR count). The van der Waals surface area contributed by atoms with Gasteiger partial charge in [-0.25, -0.2) is 9.97 Å². The molecule has 0 saturated carbocycles. The van der Waals surface area contributed by atoms with Crippen LogP contribution in [0.5, 0.6) is 11.5 Å². The summed E-state index contributed by atoms with van der Waals surface area (Å²) >= 11 is 13.1. The molecule has 2 atom stereocenters. The van der Waals surface area contributed by atoms with Gasteiger partial charge < -0.3 is 30.1 Å². The summed E-state index contributed by atoms with van der Waals surface area (Å²) in [6.07, 6.45) is 2.81. The lowest BCUT2D eigenvalue weighted by Crippen LogP contribution is -2.45. The number of aromatic nitrogens is 2. The van der Waals surface area contributed by atoms with Crippen molar-refractivity contribution >= 4 is 51.9 Å². The number of nitrogens with zero attached hydrogens (tertiary/aromatic N) is 3. The minimum Gasteiger partial charge on any atom is -0.495 e. The van der Waals surface area contributed by atoms with Crippen LogP contribution in [0, 0.1) is 0 Å². The lowest BCUT2D eigenvalue weighted by atomic mass is 10.0. The number of likely N-dealkylation sites (tertiary alicyclic amines) is 1. The van der Waals surface area contributed by atoms with Crippen LogP contribution in [0.25, 0.3) is 22.0 Å². The third kappa shape index (κ3) is 5.41. The molecule has 10 nitrogen and oxygen atoms in total. The molecule has 0 radical (unpaired) electrons. The highest BCUT2D eigenvalue weighted by atomic mass is 35.5. The van der Waals surface area contributed by atoms with Gasteiger partial charge in [0.2, 0.25) is 17.8 Å². The molecular weight excluding hydrogens is 521 g/mol. The van der Waals surface area contributed by atoms with Crippen molar-refractivity contribution in [2.45, 2.75) is 12.1 Å². The topological polar surface area (TPSA) is 126 Å². The molecule has 3 N–H and O–H groups in total. The van der Waals surface area contributed by atoms with E-state index in [1.807, 2.05) is 18.2 Å². The Morgan fingerprint density at radius 2 is 1.84 bits per heavy atom. The Labute approximate surface area is 223 Å². The molecule has 2 aromatic carbocycles. The highest BCUT2D eigenvalue weighted by Crippen LogP contribution is 2.46. The van der Waals surface area contributed by atoms with Crippen molar-refractivity contribution in [2.75, 3.05) is 39.2 Å². The van der Waals surface area contributed by atoms with Crippen LogP contribution in [0.1, 0.15) is 0 Å². The van der Waals surface area contributed by atoms with E-state index < -0.39 is 18.6 Å². The van der Waals surface area contributed by atoms with Crippen LogP contribution >= 0.6 is 23.2 Å². The Bertz CT molecular complexity index is 1340. The van der Waals surface area contributed by atoms with E-state index in [1.54, 1.807) is 12.3 Å². The average Bonchev–Trinajstić information content (AvgIpc) is 3.30. The first kappa shape index (κ1) is 26.5. The van der Waals surface area contributed by atoms with E-state index in [0.29, 0.717) is 38.6 Å². The Balaban J connectivity index is 1.63. The molecule has 2 amide bonds. The summed E-state index contributed by atoms with van der Waals surface area (Å²) in [6.45, 7) is 3.35. The molecule has 1 saturated heterocycles. The van der Waals surface area contributed by atoms with Crippen molar-refractivity contribution in [3.8, 4) is 22.6 Å². The molecule has 0 spiro atoms. The largest absolute Gasteiger partial charge is 0.495 e. The molecule has 37 heavy (non-hydrogen) atoms. The number of aliphatic hydroxyl groups excluding tert-OH is 1. The fourth-order valence-electron chi connectivity index (χ4n) is 4.20. The Hall–Kier alpha value is -3.60. The summed E-state index contributed by atoms with van der Waals surface area (Å²) in [6, 6.07) is 6.32. The first-order valence-corrected chi connectivity index (χ1v) is 12.0. The first-order valence-electron chi connectivity index (χ1n) is 11.2. The Kier molecular flexibility index (Phi) is 8.01. The minimum absolute atomic E-state index is 0.235. The number of anilines is 1. The zero-order valence-electron chi connectivity index (χ0n) is 20.1. The molecule has 1 aromatic heterocycles. The van der Waals surface area contributed by atoms with Crippen molar-refractivity contribution in [3.63, 3.8) is 0 Å². The molecule has 2 unspecified atom stereocenters. The van der Waals surface area contributed by atoms with E-state index in [9.17, 15) is 14.7 Å². The molecule has 1 fully saturated rings. The van der Waals surface area contributed by atoms with Crippen molar-refractivity contribution in [1.82, 2.24) is 20.2 Å². The van der Waals surface area contributed by atoms with Gasteiger partial charge in [-0.1, -0.05) is 35.8 Å². The molecule has 2 heterocycles. The standard InChI is InChI=1S/C25H25Cl2N5O5/c1-4-20(34)29-16-10-32(21(35)12-33)11-17(16)31-25-28-9-14-7-13(5-6-15(14)30-25)22-23(26)18(36-2)8-19(37-3)24(22)27/h4-9,16-17,33H,1,10-12H2,2-3H3,(H,29,34)(H,28,30,31). The maximum absolute atomic E-state index is 12.0. The predicted molar refractivity (Wildman–Crippen MR) is 141 cm³/mol. The van der Waals surface area contributed by atoms with Crippen LogP contribution in [0.15, 0.2) is 43.1 Å². The number of hydrogen-bond acceptors (Lipinski definition) is 8. The van der Waals surface area contributed by atoms with Crippen molar-refractivity contribution in [2.24, 2.45) is 0 Å². The fraction of sp³-hybridized carbons (Fsp3) is 0.280. The number of ether oxygens (including phenoxy) is 2. The second-order valence-electron chi connectivity index (χ2n) is 8.28. The number of amides is 2. The summed E-state index contributed by atoms with van der Waals surface area (Å²) in [7, 11) is 3.02. The summed E-state index contributed by atoms with van der Waals surface area (Å²) < 4.78 is 10.7. The number of nitrogens with one attached hydrogen (secondary N) is 2. The van der Waals surface area contributed by atoms with Crippen LogP contribution in [-0.2, 0) is 9.59 Å². The molecule has 12 heteroatoms. The molecule has 3 aromatic rings. The number of carbonyl (C=O) groups is 2. The first-order chi connectivity index (χ1) is 17.8. The second-order valence-corrected chi connectivity index (χ2v) is 9.03. The number of methoxy groups -OCH3 is 2. The third-order valence-electron chi connectivity index (χ3n) is 6.08. The summed E-state index contributed by atoms with van der Waals surface area (Å²) in [5.74, 6) is 0.379. The second kappa shape index (κ2) is 11.2. The molecule has 0 aliphatic carbocycles. The normalized spacial score (nSPS) is 16.9.